The third-order valence-corrected chi connectivity index (χ3v) is 4.19. The highest BCUT2D eigenvalue weighted by Crippen LogP contribution is 2.26. The summed E-state index contributed by atoms with van der Waals surface area (Å²) in [4.78, 5) is 17.9. The average molecular weight is 289 g/mol. The number of ether oxygens (including phenoxy) is 1. The van der Waals surface area contributed by atoms with Gasteiger partial charge in [-0.15, -0.1) is 11.3 Å². The van der Waals surface area contributed by atoms with Crippen LogP contribution in [0.4, 0.5) is 5.13 Å². The Bertz CT molecular complexity index is 616. The zero-order valence-electron chi connectivity index (χ0n) is 11.1. The van der Waals surface area contributed by atoms with Gasteiger partial charge in [0.05, 0.1) is 18.4 Å². The molecule has 0 aliphatic carbocycles. The lowest BCUT2D eigenvalue weighted by Crippen LogP contribution is -2.22. The summed E-state index contributed by atoms with van der Waals surface area (Å²) >= 11 is 1.53. The number of carbonyl (C=O) groups excluding carboxylic acids is 1. The van der Waals surface area contributed by atoms with E-state index < -0.39 is 0 Å². The van der Waals surface area contributed by atoms with E-state index >= 15 is 0 Å². The molecule has 0 atom stereocenters. The predicted molar refractivity (Wildman–Crippen MR) is 78.5 cm³/mol. The van der Waals surface area contributed by atoms with Gasteiger partial charge >= 0.3 is 0 Å². The minimum absolute atomic E-state index is 0.193. The first kappa shape index (κ1) is 13.1. The van der Waals surface area contributed by atoms with Gasteiger partial charge in [-0.3, -0.25) is 10.1 Å². The number of aromatic nitrogens is 1. The molecule has 104 valence electrons. The highest BCUT2D eigenvalue weighted by Gasteiger charge is 2.17. The molecule has 1 amide bonds. The quantitative estimate of drug-likeness (QED) is 0.908. The topological polar surface area (TPSA) is 63.2 Å². The van der Waals surface area contributed by atoms with Gasteiger partial charge in [0.1, 0.15) is 5.75 Å². The van der Waals surface area contributed by atoms with Crippen LogP contribution in [0.5, 0.6) is 5.75 Å². The summed E-state index contributed by atoms with van der Waals surface area (Å²) in [6.45, 7) is 1.77. The van der Waals surface area contributed by atoms with Crippen molar-refractivity contribution < 1.29 is 9.53 Å². The number of thiazole rings is 1. The van der Waals surface area contributed by atoms with Gasteiger partial charge in [-0.2, -0.15) is 0 Å². The highest BCUT2D eigenvalue weighted by molar-refractivity contribution is 7.15. The van der Waals surface area contributed by atoms with Crippen molar-refractivity contribution in [1.82, 2.24) is 10.3 Å². The monoisotopic (exact) mass is 289 g/mol. The summed E-state index contributed by atoms with van der Waals surface area (Å²) in [7, 11) is 1.56. The molecule has 0 saturated heterocycles. The molecule has 0 fully saturated rings. The van der Waals surface area contributed by atoms with Gasteiger partial charge in [0, 0.05) is 24.4 Å². The Labute approximate surface area is 121 Å². The largest absolute Gasteiger partial charge is 0.496 e. The summed E-state index contributed by atoms with van der Waals surface area (Å²) in [6, 6.07) is 7.16. The minimum Gasteiger partial charge on any atom is -0.496 e. The molecular formula is C14H15N3O2S. The van der Waals surface area contributed by atoms with Gasteiger partial charge in [-0.1, -0.05) is 12.1 Å². The van der Waals surface area contributed by atoms with Crippen molar-refractivity contribution in [3.8, 4) is 5.75 Å². The van der Waals surface area contributed by atoms with E-state index in [0.29, 0.717) is 16.4 Å². The SMILES string of the molecule is COc1ccccc1C(=O)Nc1nc2c(s1)CNCC2. The number of nitrogens with zero attached hydrogens (tertiary/aromatic N) is 1. The molecule has 0 unspecified atom stereocenters. The number of carbonyl (C=O) groups is 1. The van der Waals surface area contributed by atoms with E-state index in [1.54, 1.807) is 19.2 Å². The Balaban J connectivity index is 1.80. The third-order valence-electron chi connectivity index (χ3n) is 3.17. The zero-order valence-corrected chi connectivity index (χ0v) is 11.9. The Kier molecular flexibility index (Phi) is 3.66. The molecular weight excluding hydrogens is 274 g/mol. The molecule has 1 aromatic carbocycles. The van der Waals surface area contributed by atoms with Crippen LogP contribution < -0.4 is 15.4 Å². The van der Waals surface area contributed by atoms with Gasteiger partial charge in [0.2, 0.25) is 0 Å². The number of benzene rings is 1. The van der Waals surface area contributed by atoms with E-state index in [4.69, 9.17) is 4.74 Å². The van der Waals surface area contributed by atoms with Crippen LogP contribution in [-0.4, -0.2) is 24.5 Å². The second kappa shape index (κ2) is 5.60. The lowest BCUT2D eigenvalue weighted by atomic mass is 10.2. The summed E-state index contributed by atoms with van der Waals surface area (Å²) in [5, 5.41) is 6.79. The predicted octanol–water partition coefficient (Wildman–Crippen LogP) is 2.05. The number of fused-ring (bicyclic) bond motifs is 1. The minimum atomic E-state index is -0.193. The summed E-state index contributed by atoms with van der Waals surface area (Å²) in [5.41, 5.74) is 1.60. The Morgan fingerprint density at radius 1 is 1.45 bits per heavy atom. The van der Waals surface area contributed by atoms with Crippen LogP contribution >= 0.6 is 11.3 Å². The molecule has 0 bridgehead atoms. The lowest BCUT2D eigenvalue weighted by molar-refractivity contribution is 0.102. The van der Waals surface area contributed by atoms with Crippen LogP contribution in [0.25, 0.3) is 0 Å². The Morgan fingerprint density at radius 3 is 3.10 bits per heavy atom. The summed E-state index contributed by atoms with van der Waals surface area (Å²) in [5.74, 6) is 0.370. The maximum Gasteiger partial charge on any atom is 0.261 e. The number of para-hydroxylation sites is 1. The van der Waals surface area contributed by atoms with Gasteiger partial charge in [-0.25, -0.2) is 4.98 Å². The first-order valence-corrected chi connectivity index (χ1v) is 7.23. The molecule has 1 aromatic heterocycles. The van der Waals surface area contributed by atoms with Crippen LogP contribution in [0.15, 0.2) is 24.3 Å². The zero-order chi connectivity index (χ0) is 13.9. The average Bonchev–Trinajstić information content (AvgIpc) is 2.89. The first-order chi connectivity index (χ1) is 9.78. The second-order valence-electron chi connectivity index (χ2n) is 4.47. The fourth-order valence-corrected chi connectivity index (χ4v) is 3.15. The molecule has 2 N–H and O–H groups in total. The number of hydrogen-bond acceptors (Lipinski definition) is 5. The second-order valence-corrected chi connectivity index (χ2v) is 5.55. The molecule has 2 aromatic rings. The van der Waals surface area contributed by atoms with E-state index in [2.05, 4.69) is 15.6 Å². The highest BCUT2D eigenvalue weighted by atomic mass is 32.1. The van der Waals surface area contributed by atoms with Crippen LogP contribution in [0.3, 0.4) is 0 Å². The van der Waals surface area contributed by atoms with Crippen molar-refractivity contribution in [3.63, 3.8) is 0 Å². The van der Waals surface area contributed by atoms with E-state index in [1.165, 1.54) is 16.2 Å². The lowest BCUT2D eigenvalue weighted by Gasteiger charge is -2.09. The number of methoxy groups -OCH3 is 1. The van der Waals surface area contributed by atoms with Gasteiger partial charge < -0.3 is 10.1 Å². The van der Waals surface area contributed by atoms with E-state index in [-0.39, 0.29) is 5.91 Å². The maximum absolute atomic E-state index is 12.3. The van der Waals surface area contributed by atoms with Crippen molar-refractivity contribution in [2.75, 3.05) is 19.0 Å². The smallest absolute Gasteiger partial charge is 0.261 e. The van der Waals surface area contributed by atoms with E-state index in [1.807, 2.05) is 12.1 Å². The van der Waals surface area contributed by atoms with E-state index in [9.17, 15) is 4.79 Å². The molecule has 20 heavy (non-hydrogen) atoms. The van der Waals surface area contributed by atoms with Crippen molar-refractivity contribution in [2.24, 2.45) is 0 Å². The Hall–Kier alpha value is -1.92. The van der Waals surface area contributed by atoms with Gasteiger partial charge in [0.15, 0.2) is 5.13 Å². The van der Waals surface area contributed by atoms with E-state index in [0.717, 1.165) is 25.2 Å². The number of nitrogens with one attached hydrogen (secondary N) is 2. The number of amides is 1. The van der Waals surface area contributed by atoms with Crippen molar-refractivity contribution in [2.45, 2.75) is 13.0 Å². The van der Waals surface area contributed by atoms with Crippen LogP contribution in [0.1, 0.15) is 20.9 Å². The van der Waals surface area contributed by atoms with Gasteiger partial charge in [-0.05, 0) is 12.1 Å². The molecule has 5 nitrogen and oxygen atoms in total. The van der Waals surface area contributed by atoms with Crippen molar-refractivity contribution in [3.05, 3.63) is 40.4 Å². The number of rotatable bonds is 3. The normalized spacial score (nSPS) is 13.7. The first-order valence-electron chi connectivity index (χ1n) is 6.41. The fraction of sp³-hybridized carbons (Fsp3) is 0.286. The molecule has 0 radical (unpaired) electrons. The van der Waals surface area contributed by atoms with Gasteiger partial charge in [0.25, 0.3) is 5.91 Å². The third kappa shape index (κ3) is 2.52. The summed E-state index contributed by atoms with van der Waals surface area (Å²) in [6.07, 6.45) is 0.913. The molecule has 0 saturated carbocycles. The summed E-state index contributed by atoms with van der Waals surface area (Å²) < 4.78 is 5.20. The van der Waals surface area contributed by atoms with Crippen LogP contribution in [0, 0.1) is 0 Å². The Morgan fingerprint density at radius 2 is 2.30 bits per heavy atom. The fourth-order valence-electron chi connectivity index (χ4n) is 2.18. The van der Waals surface area contributed by atoms with Crippen molar-refractivity contribution in [1.29, 1.82) is 0 Å². The standard InChI is InChI=1S/C14H15N3O2S/c1-19-11-5-3-2-4-9(11)13(18)17-14-16-10-6-7-15-8-12(10)20-14/h2-5,15H,6-8H2,1H3,(H,16,17,18). The molecule has 1 aliphatic heterocycles. The molecule has 3 rings (SSSR count). The number of anilines is 1. The van der Waals surface area contributed by atoms with Crippen LogP contribution in [-0.2, 0) is 13.0 Å². The molecule has 1 aliphatic rings. The maximum atomic E-state index is 12.3. The molecule has 6 heteroatoms. The molecule has 2 heterocycles. The van der Waals surface area contributed by atoms with Crippen molar-refractivity contribution >= 4 is 22.4 Å². The molecule has 0 spiro atoms. The van der Waals surface area contributed by atoms with Crippen LogP contribution in [0.2, 0.25) is 0 Å². The number of hydrogen-bond donors (Lipinski definition) is 2.